The largest absolute Gasteiger partial charge is 0.316 e. The van der Waals surface area contributed by atoms with Gasteiger partial charge in [0, 0.05) is 16.3 Å². The fraction of sp³-hybridized carbons (Fsp3) is 0.429. The van der Waals surface area contributed by atoms with E-state index in [1.807, 2.05) is 23.6 Å². The Bertz CT molecular complexity index is 633. The Morgan fingerprint density at radius 2 is 2.00 bits per heavy atom. The quantitative estimate of drug-likeness (QED) is 0.688. The van der Waals surface area contributed by atoms with Gasteiger partial charge in [-0.1, -0.05) is 13.0 Å². The summed E-state index contributed by atoms with van der Waals surface area (Å²) >= 11 is 2.90. The second kappa shape index (κ2) is 8.05. The number of sulfonamides is 1. The molecule has 0 spiro atoms. The summed E-state index contributed by atoms with van der Waals surface area (Å²) < 4.78 is 27.4. The van der Waals surface area contributed by atoms with Crippen molar-refractivity contribution in [1.29, 1.82) is 0 Å². The molecule has 0 aliphatic heterocycles. The lowest BCUT2D eigenvalue weighted by atomic mass is 10.3. The summed E-state index contributed by atoms with van der Waals surface area (Å²) in [7, 11) is -3.40. The van der Waals surface area contributed by atoms with Crippen LogP contribution in [0.25, 0.3) is 0 Å². The van der Waals surface area contributed by atoms with Crippen LogP contribution in [0.3, 0.4) is 0 Å². The molecule has 0 amide bonds. The van der Waals surface area contributed by atoms with E-state index in [9.17, 15) is 8.42 Å². The van der Waals surface area contributed by atoms with Crippen molar-refractivity contribution in [2.45, 2.75) is 30.5 Å². The molecule has 2 N–H and O–H groups in total. The van der Waals surface area contributed by atoms with E-state index in [-0.39, 0.29) is 0 Å². The van der Waals surface area contributed by atoms with E-state index in [1.54, 1.807) is 17.4 Å². The first-order valence-electron chi connectivity index (χ1n) is 6.93. The van der Waals surface area contributed by atoms with Crippen molar-refractivity contribution in [3.05, 3.63) is 39.4 Å². The van der Waals surface area contributed by atoms with E-state index in [2.05, 4.69) is 17.0 Å². The lowest BCUT2D eigenvalue weighted by Gasteiger charge is -2.03. The zero-order chi connectivity index (χ0) is 15.1. The highest BCUT2D eigenvalue weighted by Gasteiger charge is 2.16. The van der Waals surface area contributed by atoms with Crippen LogP contribution in [0.1, 0.15) is 23.1 Å². The van der Waals surface area contributed by atoms with Crippen LogP contribution in [-0.4, -0.2) is 21.5 Å². The van der Waals surface area contributed by atoms with Crippen LogP contribution in [0.2, 0.25) is 0 Å². The molecule has 0 saturated heterocycles. The van der Waals surface area contributed by atoms with Gasteiger partial charge in [-0.25, -0.2) is 13.1 Å². The predicted molar refractivity (Wildman–Crippen MR) is 89.5 cm³/mol. The van der Waals surface area contributed by atoms with E-state index in [0.717, 1.165) is 35.7 Å². The minimum absolute atomic E-state index is 0.352. The molecule has 2 heterocycles. The number of nitrogens with one attached hydrogen (secondary N) is 2. The van der Waals surface area contributed by atoms with Gasteiger partial charge in [-0.15, -0.1) is 22.7 Å². The van der Waals surface area contributed by atoms with Crippen LogP contribution in [0, 0.1) is 0 Å². The van der Waals surface area contributed by atoms with Crippen molar-refractivity contribution in [2.75, 3.05) is 13.1 Å². The van der Waals surface area contributed by atoms with Crippen LogP contribution in [-0.2, 0) is 23.0 Å². The third-order valence-corrected chi connectivity index (χ3v) is 6.81. The van der Waals surface area contributed by atoms with E-state index < -0.39 is 10.0 Å². The highest BCUT2D eigenvalue weighted by Crippen LogP contribution is 2.22. The van der Waals surface area contributed by atoms with E-state index in [1.165, 1.54) is 11.3 Å². The summed E-state index contributed by atoms with van der Waals surface area (Å²) in [5.41, 5.74) is 0. The van der Waals surface area contributed by atoms with Crippen LogP contribution in [0.5, 0.6) is 0 Å². The van der Waals surface area contributed by atoms with Crippen molar-refractivity contribution in [1.82, 2.24) is 10.0 Å². The van der Waals surface area contributed by atoms with Gasteiger partial charge in [0.25, 0.3) is 0 Å². The molecule has 7 heteroatoms. The summed E-state index contributed by atoms with van der Waals surface area (Å²) in [6.07, 6.45) is 1.97. The van der Waals surface area contributed by atoms with Gasteiger partial charge < -0.3 is 5.32 Å². The summed E-state index contributed by atoms with van der Waals surface area (Å²) in [4.78, 5) is 2.11. The van der Waals surface area contributed by atoms with Gasteiger partial charge in [-0.05, 0) is 49.5 Å². The average molecular weight is 345 g/mol. The second-order valence-corrected chi connectivity index (χ2v) is 8.82. The molecular weight excluding hydrogens is 324 g/mol. The van der Waals surface area contributed by atoms with Crippen molar-refractivity contribution in [3.63, 3.8) is 0 Å². The Kier molecular flexibility index (Phi) is 6.38. The van der Waals surface area contributed by atoms with E-state index in [4.69, 9.17) is 0 Å². The highest BCUT2D eigenvalue weighted by atomic mass is 32.2. The van der Waals surface area contributed by atoms with Gasteiger partial charge >= 0.3 is 0 Å². The van der Waals surface area contributed by atoms with Gasteiger partial charge in [-0.2, -0.15) is 0 Å². The van der Waals surface area contributed by atoms with E-state index >= 15 is 0 Å². The van der Waals surface area contributed by atoms with Crippen LogP contribution in [0.4, 0.5) is 0 Å². The monoisotopic (exact) mass is 344 g/mol. The summed E-state index contributed by atoms with van der Waals surface area (Å²) in [5, 5.41) is 5.26. The molecule has 116 valence electrons. The maximum absolute atomic E-state index is 12.2. The highest BCUT2D eigenvalue weighted by molar-refractivity contribution is 7.91. The lowest BCUT2D eigenvalue weighted by molar-refractivity contribution is 0.584. The van der Waals surface area contributed by atoms with Gasteiger partial charge in [0.2, 0.25) is 10.0 Å². The molecule has 0 aromatic carbocycles. The lowest BCUT2D eigenvalue weighted by Crippen LogP contribution is -2.21. The number of hydrogen-bond donors (Lipinski definition) is 2. The minimum atomic E-state index is -3.40. The fourth-order valence-corrected chi connectivity index (χ4v) is 4.94. The first-order chi connectivity index (χ1) is 10.1. The molecule has 0 unspecified atom stereocenters. The first-order valence-corrected chi connectivity index (χ1v) is 10.1. The number of rotatable bonds is 9. The molecule has 0 radical (unpaired) electrons. The zero-order valence-corrected chi connectivity index (χ0v) is 14.4. The molecular formula is C14H20N2O2S3. The summed E-state index contributed by atoms with van der Waals surface area (Å²) in [5.74, 6) is 0. The van der Waals surface area contributed by atoms with Gasteiger partial charge in [0.1, 0.15) is 4.21 Å². The van der Waals surface area contributed by atoms with Crippen molar-refractivity contribution < 1.29 is 8.42 Å². The number of hydrogen-bond acceptors (Lipinski definition) is 5. The minimum Gasteiger partial charge on any atom is -0.316 e. The molecule has 0 atom stereocenters. The fourth-order valence-electron chi connectivity index (χ4n) is 1.80. The number of thiophene rings is 2. The average Bonchev–Trinajstić information content (AvgIpc) is 3.13. The van der Waals surface area contributed by atoms with E-state index in [0.29, 0.717) is 10.8 Å². The summed E-state index contributed by atoms with van der Waals surface area (Å²) in [6, 6.07) is 7.43. The van der Waals surface area contributed by atoms with Crippen molar-refractivity contribution >= 4 is 32.7 Å². The molecule has 0 aliphatic rings. The van der Waals surface area contributed by atoms with Gasteiger partial charge in [-0.3, -0.25) is 0 Å². The first kappa shape index (κ1) is 16.6. The molecule has 0 aliphatic carbocycles. The third-order valence-electron chi connectivity index (χ3n) is 2.89. The SMILES string of the molecule is CCCNCCc1ccc(S(=O)(=O)NCc2cccs2)s1. The Labute approximate surface area is 134 Å². The molecule has 0 fully saturated rings. The van der Waals surface area contributed by atoms with Gasteiger partial charge in [0.05, 0.1) is 0 Å². The predicted octanol–water partition coefficient (Wildman–Crippen LogP) is 2.83. The molecule has 0 bridgehead atoms. The molecule has 4 nitrogen and oxygen atoms in total. The maximum atomic E-state index is 12.2. The van der Waals surface area contributed by atoms with Crippen LogP contribution < -0.4 is 10.0 Å². The Morgan fingerprint density at radius 1 is 1.14 bits per heavy atom. The molecule has 2 rings (SSSR count). The topological polar surface area (TPSA) is 58.2 Å². The third kappa shape index (κ3) is 5.19. The van der Waals surface area contributed by atoms with Crippen molar-refractivity contribution in [2.24, 2.45) is 0 Å². The molecule has 2 aromatic heterocycles. The molecule has 2 aromatic rings. The Hall–Kier alpha value is -0.730. The second-order valence-electron chi connectivity index (χ2n) is 4.62. The van der Waals surface area contributed by atoms with Crippen molar-refractivity contribution in [3.8, 4) is 0 Å². The Morgan fingerprint density at radius 3 is 2.71 bits per heavy atom. The van der Waals surface area contributed by atoms with Crippen LogP contribution >= 0.6 is 22.7 Å². The van der Waals surface area contributed by atoms with Crippen LogP contribution in [0.15, 0.2) is 33.9 Å². The van der Waals surface area contributed by atoms with Gasteiger partial charge in [0.15, 0.2) is 0 Å². The molecule has 21 heavy (non-hydrogen) atoms. The standard InChI is InChI=1S/C14H20N2O2S3/c1-2-8-15-9-7-12-5-6-14(20-12)21(17,18)16-11-13-4-3-10-19-13/h3-6,10,15-16H,2,7-9,11H2,1H3. The molecule has 0 saturated carbocycles. The smallest absolute Gasteiger partial charge is 0.250 e. The summed E-state index contributed by atoms with van der Waals surface area (Å²) in [6.45, 7) is 4.36. The Balaban J connectivity index is 1.89. The normalized spacial score (nSPS) is 11.9. The maximum Gasteiger partial charge on any atom is 0.250 e. The zero-order valence-electron chi connectivity index (χ0n) is 12.0.